The fourth-order valence-electron chi connectivity index (χ4n) is 4.91. The quantitative estimate of drug-likeness (QED) is 0.328. The fourth-order valence-corrected chi connectivity index (χ4v) is 5.43. The van der Waals surface area contributed by atoms with Crippen LogP contribution in [0.2, 0.25) is 10.0 Å². The maximum Gasteiger partial charge on any atom is 0.270 e. The van der Waals surface area contributed by atoms with Crippen molar-refractivity contribution in [2.75, 3.05) is 5.32 Å². The topological polar surface area (TPSA) is 104 Å². The minimum Gasteiger partial charge on any atom is -0.332 e. The molecule has 8 nitrogen and oxygen atoms in total. The van der Waals surface area contributed by atoms with Gasteiger partial charge in [-0.3, -0.25) is 14.9 Å². The number of halogens is 2. The fraction of sp³-hybridized carbons (Fsp3) is 0.393. The molecule has 0 atom stereocenters. The number of hydrogen-bond acceptors (Lipinski definition) is 5. The van der Waals surface area contributed by atoms with Crippen LogP contribution in [0, 0.1) is 11.3 Å². The molecule has 1 aromatic heterocycles. The largest absolute Gasteiger partial charge is 0.332 e. The second kappa shape index (κ2) is 12.1. The van der Waals surface area contributed by atoms with E-state index in [2.05, 4.69) is 46.7 Å². The first-order valence-corrected chi connectivity index (χ1v) is 13.4. The zero-order chi connectivity index (χ0) is 27.3. The predicted octanol–water partition coefficient (Wildman–Crippen LogP) is 6.41. The minimum absolute atomic E-state index is 0.0980. The number of H-pyrrole nitrogens is 1. The highest BCUT2D eigenvalue weighted by Crippen LogP contribution is 2.39. The maximum atomic E-state index is 13.5. The average molecular weight is 556 g/mol. The Balaban J connectivity index is 1.51. The molecule has 38 heavy (non-hydrogen) atoms. The molecule has 1 heterocycles. The van der Waals surface area contributed by atoms with Crippen molar-refractivity contribution in [2.24, 2.45) is 11.3 Å². The molecule has 3 aromatic rings. The van der Waals surface area contributed by atoms with E-state index in [1.54, 1.807) is 42.5 Å². The van der Waals surface area contributed by atoms with Crippen LogP contribution in [-0.4, -0.2) is 43.4 Å². The number of tetrazole rings is 1. The van der Waals surface area contributed by atoms with Crippen LogP contribution in [0.5, 0.6) is 0 Å². The van der Waals surface area contributed by atoms with Crippen LogP contribution >= 0.6 is 23.2 Å². The summed E-state index contributed by atoms with van der Waals surface area (Å²) in [5, 5.41) is 16.8. The lowest BCUT2D eigenvalue weighted by molar-refractivity contribution is -0.130. The van der Waals surface area contributed by atoms with Gasteiger partial charge in [0.1, 0.15) is 0 Å². The number of rotatable bonds is 7. The zero-order valence-electron chi connectivity index (χ0n) is 21.7. The number of carbonyl (C=O) groups is 2. The molecule has 1 saturated carbocycles. The van der Waals surface area contributed by atoms with Crippen molar-refractivity contribution in [1.82, 2.24) is 25.5 Å². The molecule has 0 saturated heterocycles. The number of benzene rings is 2. The van der Waals surface area contributed by atoms with Gasteiger partial charge < -0.3 is 4.90 Å². The molecular formula is C28H32Cl2N6O2. The van der Waals surface area contributed by atoms with Crippen molar-refractivity contribution in [1.29, 1.82) is 0 Å². The summed E-state index contributed by atoms with van der Waals surface area (Å²) in [6.07, 6.45) is 7.28. The van der Waals surface area contributed by atoms with Gasteiger partial charge in [0, 0.05) is 39.8 Å². The lowest BCUT2D eigenvalue weighted by atomic mass is 9.71. The molecule has 0 aliphatic heterocycles. The van der Waals surface area contributed by atoms with Crippen molar-refractivity contribution in [3.05, 3.63) is 75.3 Å². The molecule has 2 amide bonds. The number of amides is 2. The second-order valence-corrected chi connectivity index (χ2v) is 11.5. The van der Waals surface area contributed by atoms with Crippen LogP contribution in [-0.2, 0) is 11.3 Å². The van der Waals surface area contributed by atoms with Gasteiger partial charge in [-0.1, -0.05) is 67.3 Å². The number of aromatic nitrogens is 4. The Labute approximate surface area is 232 Å². The summed E-state index contributed by atoms with van der Waals surface area (Å²) < 4.78 is 0. The number of nitrogens with one attached hydrogen (secondary N) is 2. The minimum atomic E-state index is -0.342. The molecule has 0 bridgehead atoms. The van der Waals surface area contributed by atoms with Gasteiger partial charge in [-0.15, -0.1) is 5.10 Å². The van der Waals surface area contributed by atoms with E-state index in [9.17, 15) is 9.59 Å². The molecular weight excluding hydrogens is 523 g/mol. The van der Waals surface area contributed by atoms with E-state index >= 15 is 0 Å². The molecule has 0 radical (unpaired) electrons. The van der Waals surface area contributed by atoms with E-state index in [4.69, 9.17) is 23.2 Å². The lowest BCUT2D eigenvalue weighted by Crippen LogP contribution is -2.42. The average Bonchev–Trinajstić information content (AvgIpc) is 3.40. The van der Waals surface area contributed by atoms with E-state index in [0.717, 1.165) is 31.2 Å². The van der Waals surface area contributed by atoms with E-state index in [-0.39, 0.29) is 29.2 Å². The second-order valence-electron chi connectivity index (χ2n) is 10.7. The smallest absolute Gasteiger partial charge is 0.270 e. The van der Waals surface area contributed by atoms with Gasteiger partial charge in [0.2, 0.25) is 5.91 Å². The number of aromatic amines is 1. The normalized spacial score (nSPS) is 17.9. The first kappa shape index (κ1) is 27.8. The predicted molar refractivity (Wildman–Crippen MR) is 150 cm³/mol. The Bertz CT molecular complexity index is 1260. The Hall–Kier alpha value is -3.23. The highest BCUT2D eigenvalue weighted by atomic mass is 35.5. The number of hydrogen-bond donors (Lipinski definition) is 2. The molecule has 0 unspecified atom stereocenters. The van der Waals surface area contributed by atoms with Crippen LogP contribution in [0.15, 0.2) is 48.5 Å². The first-order valence-electron chi connectivity index (χ1n) is 12.7. The van der Waals surface area contributed by atoms with Gasteiger partial charge in [-0.25, -0.2) is 0 Å². The summed E-state index contributed by atoms with van der Waals surface area (Å²) in [4.78, 5) is 27.9. The SMILES string of the molecule is CC(C)(C)C1CCC(N(Cc2ccc(C(=O)Nc3nn[nH]n3)cc2)C(=O)/C=C/c2c(Cl)cccc2Cl)CC1. The highest BCUT2D eigenvalue weighted by Gasteiger charge is 2.33. The Morgan fingerprint density at radius 2 is 1.71 bits per heavy atom. The molecule has 10 heteroatoms. The third-order valence-electron chi connectivity index (χ3n) is 7.18. The Morgan fingerprint density at radius 1 is 1.05 bits per heavy atom. The molecule has 2 aromatic carbocycles. The van der Waals surface area contributed by atoms with Gasteiger partial charge in [-0.05, 0) is 78.1 Å². The van der Waals surface area contributed by atoms with Crippen LogP contribution < -0.4 is 5.32 Å². The van der Waals surface area contributed by atoms with E-state index < -0.39 is 0 Å². The third-order valence-corrected chi connectivity index (χ3v) is 7.84. The Kier molecular flexibility index (Phi) is 8.84. The Morgan fingerprint density at radius 3 is 2.29 bits per heavy atom. The number of nitrogens with zero attached hydrogens (tertiary/aromatic N) is 4. The highest BCUT2D eigenvalue weighted by molar-refractivity contribution is 6.37. The molecule has 200 valence electrons. The van der Waals surface area contributed by atoms with Gasteiger partial charge in [0.15, 0.2) is 0 Å². The molecule has 1 aliphatic carbocycles. The van der Waals surface area contributed by atoms with E-state index in [1.807, 2.05) is 17.0 Å². The third kappa shape index (κ3) is 6.99. The number of anilines is 1. The molecule has 1 fully saturated rings. The standard InChI is InChI=1S/C28H32Cl2N6O2/c1-28(2,3)20-11-13-21(14-12-20)36(25(37)16-15-22-23(29)5-4-6-24(22)30)17-18-7-9-19(10-8-18)26(38)31-27-32-34-35-33-27/h4-10,15-16,20-21H,11-14,17H2,1-3H3,(H2,31,32,33,34,35,38)/b16-15+. The zero-order valence-corrected chi connectivity index (χ0v) is 23.3. The summed E-state index contributed by atoms with van der Waals surface area (Å²) in [6, 6.07) is 12.6. The van der Waals surface area contributed by atoms with Gasteiger partial charge in [-0.2, -0.15) is 5.21 Å². The van der Waals surface area contributed by atoms with Gasteiger partial charge >= 0.3 is 0 Å². The first-order chi connectivity index (χ1) is 18.1. The van der Waals surface area contributed by atoms with E-state index in [1.165, 1.54) is 0 Å². The summed E-state index contributed by atoms with van der Waals surface area (Å²) in [5.41, 5.74) is 2.25. The summed E-state index contributed by atoms with van der Waals surface area (Å²) >= 11 is 12.6. The summed E-state index contributed by atoms with van der Waals surface area (Å²) in [6.45, 7) is 7.28. The lowest BCUT2D eigenvalue weighted by Gasteiger charge is -2.41. The van der Waals surface area contributed by atoms with Crippen LogP contribution in [0.1, 0.15) is 67.9 Å². The van der Waals surface area contributed by atoms with Crippen molar-refractivity contribution < 1.29 is 9.59 Å². The molecule has 0 spiro atoms. The molecule has 1 aliphatic rings. The van der Waals surface area contributed by atoms with Crippen LogP contribution in [0.3, 0.4) is 0 Å². The summed E-state index contributed by atoms with van der Waals surface area (Å²) in [5.74, 6) is 0.294. The van der Waals surface area contributed by atoms with Crippen LogP contribution in [0.4, 0.5) is 5.95 Å². The van der Waals surface area contributed by atoms with Crippen molar-refractivity contribution in [3.8, 4) is 0 Å². The maximum absolute atomic E-state index is 13.5. The van der Waals surface area contributed by atoms with Crippen molar-refractivity contribution in [3.63, 3.8) is 0 Å². The van der Waals surface area contributed by atoms with Crippen molar-refractivity contribution >= 4 is 47.0 Å². The van der Waals surface area contributed by atoms with E-state index in [0.29, 0.717) is 33.6 Å². The van der Waals surface area contributed by atoms with Crippen molar-refractivity contribution in [2.45, 2.75) is 59.0 Å². The van der Waals surface area contributed by atoms with Gasteiger partial charge in [0.25, 0.3) is 11.9 Å². The summed E-state index contributed by atoms with van der Waals surface area (Å²) in [7, 11) is 0. The molecule has 2 N–H and O–H groups in total. The monoisotopic (exact) mass is 554 g/mol. The number of carbonyl (C=O) groups excluding carboxylic acids is 2. The molecule has 4 rings (SSSR count). The van der Waals surface area contributed by atoms with Crippen LogP contribution in [0.25, 0.3) is 6.08 Å². The van der Waals surface area contributed by atoms with Gasteiger partial charge in [0.05, 0.1) is 0 Å².